The molecule has 1 rings (SSSR count). The second-order valence-electron chi connectivity index (χ2n) is 2.01. The fourth-order valence-electron chi connectivity index (χ4n) is 0.732. The average molecular weight is 137 g/mol. The summed E-state index contributed by atoms with van der Waals surface area (Å²) >= 11 is 0. The van der Waals surface area contributed by atoms with Crippen LogP contribution in [0.1, 0.15) is 0 Å². The first-order chi connectivity index (χ1) is 4.66. The number of carbonyl (C=O) groups excluding carboxylic acids is 2. The van der Waals surface area contributed by atoms with Gasteiger partial charge in [0.2, 0.25) is 0 Å². The second kappa shape index (κ2) is 2.10. The molecule has 0 spiro atoms. The minimum atomic E-state index is -0.278. The van der Waals surface area contributed by atoms with Crippen molar-refractivity contribution in [1.82, 2.24) is 4.90 Å². The van der Waals surface area contributed by atoms with Gasteiger partial charge in [-0.25, -0.2) is 0 Å². The average Bonchev–Trinajstić information content (AvgIpc) is 2.17. The van der Waals surface area contributed by atoms with E-state index in [9.17, 15) is 9.59 Å². The fraction of sp³-hybridized carbons (Fsp3) is 0.143. The first-order valence-electron chi connectivity index (χ1n) is 2.83. The summed E-state index contributed by atoms with van der Waals surface area (Å²) < 4.78 is 0. The van der Waals surface area contributed by atoms with E-state index < -0.39 is 0 Å². The number of hydrogen-bond donors (Lipinski definition) is 0. The fourth-order valence-corrected chi connectivity index (χ4v) is 0.732. The van der Waals surface area contributed by atoms with Crippen LogP contribution in [-0.2, 0) is 9.59 Å². The van der Waals surface area contributed by atoms with Gasteiger partial charge in [-0.2, -0.15) is 0 Å². The topological polar surface area (TPSA) is 37.4 Å². The van der Waals surface area contributed by atoms with Crippen LogP contribution in [0.5, 0.6) is 0 Å². The summed E-state index contributed by atoms with van der Waals surface area (Å²) in [5, 5.41) is 0. The van der Waals surface area contributed by atoms with Crippen molar-refractivity contribution < 1.29 is 9.59 Å². The zero-order valence-corrected chi connectivity index (χ0v) is 5.63. The Balaban J connectivity index is 2.99. The standard InChI is InChI=1S/C7H7NO2/c1-3-5-4-6(9)8(2)7(5)10/h3-4H,1H2,2H3. The Morgan fingerprint density at radius 1 is 1.60 bits per heavy atom. The van der Waals surface area contributed by atoms with Crippen molar-refractivity contribution in [3.63, 3.8) is 0 Å². The maximum absolute atomic E-state index is 10.9. The highest BCUT2D eigenvalue weighted by atomic mass is 16.2. The van der Waals surface area contributed by atoms with Crippen molar-refractivity contribution in [3.05, 3.63) is 24.3 Å². The zero-order chi connectivity index (χ0) is 7.72. The quantitative estimate of drug-likeness (QED) is 0.480. The van der Waals surface area contributed by atoms with E-state index in [0.717, 1.165) is 4.90 Å². The lowest BCUT2D eigenvalue weighted by molar-refractivity contribution is -0.135. The van der Waals surface area contributed by atoms with Crippen LogP contribution in [0.25, 0.3) is 0 Å². The van der Waals surface area contributed by atoms with Gasteiger partial charge in [0.15, 0.2) is 0 Å². The molecule has 0 fully saturated rings. The molecular formula is C7H7NO2. The molecule has 0 unspecified atom stereocenters. The molecule has 0 aromatic rings. The number of likely N-dealkylation sites (N-methyl/N-ethyl adjacent to an activating group) is 1. The number of imide groups is 1. The summed E-state index contributed by atoms with van der Waals surface area (Å²) in [4.78, 5) is 22.7. The predicted molar refractivity (Wildman–Crippen MR) is 36.1 cm³/mol. The van der Waals surface area contributed by atoms with E-state index >= 15 is 0 Å². The van der Waals surface area contributed by atoms with E-state index in [4.69, 9.17) is 0 Å². The number of rotatable bonds is 1. The molecule has 2 amide bonds. The normalized spacial score (nSPS) is 17.7. The Labute approximate surface area is 58.6 Å². The van der Waals surface area contributed by atoms with Gasteiger partial charge in [0.05, 0.1) is 0 Å². The van der Waals surface area contributed by atoms with Crippen LogP contribution in [0.3, 0.4) is 0 Å². The predicted octanol–water partition coefficient (Wildman–Crippen LogP) is 0.0974. The van der Waals surface area contributed by atoms with Gasteiger partial charge in [-0.15, -0.1) is 0 Å². The molecule has 0 aromatic carbocycles. The molecule has 52 valence electrons. The molecule has 0 atom stereocenters. The highest BCUT2D eigenvalue weighted by Crippen LogP contribution is 2.10. The summed E-state index contributed by atoms with van der Waals surface area (Å²) in [5.74, 6) is -0.556. The number of hydrogen-bond acceptors (Lipinski definition) is 2. The lowest BCUT2D eigenvalue weighted by Gasteiger charge is -2.03. The Kier molecular flexibility index (Phi) is 1.41. The van der Waals surface area contributed by atoms with Crippen LogP contribution >= 0.6 is 0 Å². The van der Waals surface area contributed by atoms with E-state index in [2.05, 4.69) is 6.58 Å². The van der Waals surface area contributed by atoms with Crippen molar-refractivity contribution in [1.29, 1.82) is 0 Å². The van der Waals surface area contributed by atoms with Crippen LogP contribution in [0, 0.1) is 0 Å². The molecule has 10 heavy (non-hydrogen) atoms. The molecule has 0 bridgehead atoms. The first kappa shape index (κ1) is 6.74. The Hall–Kier alpha value is -1.38. The van der Waals surface area contributed by atoms with Crippen molar-refractivity contribution in [2.24, 2.45) is 0 Å². The van der Waals surface area contributed by atoms with Crippen LogP contribution in [0.2, 0.25) is 0 Å². The molecule has 3 nitrogen and oxygen atoms in total. The minimum Gasteiger partial charge on any atom is -0.278 e. The number of nitrogens with zero attached hydrogens (tertiary/aromatic N) is 1. The third kappa shape index (κ3) is 0.757. The highest BCUT2D eigenvalue weighted by Gasteiger charge is 2.24. The smallest absolute Gasteiger partial charge is 0.260 e. The Morgan fingerprint density at radius 2 is 2.20 bits per heavy atom. The Bertz CT molecular complexity index is 240. The highest BCUT2D eigenvalue weighted by molar-refractivity contribution is 6.17. The molecule has 0 aromatic heterocycles. The molecule has 1 heterocycles. The summed E-state index contributed by atoms with van der Waals surface area (Å²) in [6.07, 6.45) is 2.65. The number of carbonyl (C=O) groups is 2. The maximum atomic E-state index is 10.9. The van der Waals surface area contributed by atoms with Gasteiger partial charge >= 0.3 is 0 Å². The third-order valence-corrected chi connectivity index (χ3v) is 1.38. The molecule has 1 aliphatic rings. The van der Waals surface area contributed by atoms with Crippen molar-refractivity contribution in [2.75, 3.05) is 7.05 Å². The maximum Gasteiger partial charge on any atom is 0.260 e. The summed E-state index contributed by atoms with van der Waals surface area (Å²) in [6.45, 7) is 3.39. The van der Waals surface area contributed by atoms with Gasteiger partial charge in [-0.05, 0) is 0 Å². The molecule has 0 radical (unpaired) electrons. The zero-order valence-electron chi connectivity index (χ0n) is 5.63. The van der Waals surface area contributed by atoms with Gasteiger partial charge < -0.3 is 0 Å². The second-order valence-corrected chi connectivity index (χ2v) is 2.01. The van der Waals surface area contributed by atoms with Gasteiger partial charge in [-0.1, -0.05) is 12.7 Å². The molecule has 0 saturated heterocycles. The molecule has 0 aliphatic carbocycles. The lowest BCUT2D eigenvalue weighted by Crippen LogP contribution is -2.25. The van der Waals surface area contributed by atoms with E-state index in [0.29, 0.717) is 5.57 Å². The summed E-state index contributed by atoms with van der Waals surface area (Å²) in [6, 6.07) is 0. The monoisotopic (exact) mass is 137 g/mol. The van der Waals surface area contributed by atoms with E-state index in [1.54, 1.807) is 0 Å². The molecule has 0 N–H and O–H groups in total. The summed E-state index contributed by atoms with van der Waals surface area (Å²) in [7, 11) is 1.44. The van der Waals surface area contributed by atoms with Crippen LogP contribution < -0.4 is 0 Å². The van der Waals surface area contributed by atoms with Gasteiger partial charge in [0.25, 0.3) is 11.8 Å². The van der Waals surface area contributed by atoms with Gasteiger partial charge in [0, 0.05) is 18.7 Å². The Morgan fingerprint density at radius 3 is 2.40 bits per heavy atom. The van der Waals surface area contributed by atoms with E-state index in [1.807, 2.05) is 0 Å². The summed E-state index contributed by atoms with van der Waals surface area (Å²) in [5.41, 5.74) is 0.368. The molecule has 0 saturated carbocycles. The van der Waals surface area contributed by atoms with Gasteiger partial charge in [-0.3, -0.25) is 14.5 Å². The SMILES string of the molecule is C=CC1=CC(=O)N(C)C1=O. The van der Waals surface area contributed by atoms with Gasteiger partial charge in [0.1, 0.15) is 0 Å². The largest absolute Gasteiger partial charge is 0.278 e. The van der Waals surface area contributed by atoms with E-state index in [1.165, 1.54) is 19.2 Å². The van der Waals surface area contributed by atoms with Crippen molar-refractivity contribution >= 4 is 11.8 Å². The van der Waals surface area contributed by atoms with Crippen molar-refractivity contribution in [2.45, 2.75) is 0 Å². The first-order valence-corrected chi connectivity index (χ1v) is 2.83. The van der Waals surface area contributed by atoms with Crippen LogP contribution in [-0.4, -0.2) is 23.8 Å². The van der Waals surface area contributed by atoms with Crippen molar-refractivity contribution in [3.8, 4) is 0 Å². The van der Waals surface area contributed by atoms with E-state index in [-0.39, 0.29) is 11.8 Å². The number of amides is 2. The van der Waals surface area contributed by atoms with Crippen LogP contribution in [0.15, 0.2) is 24.3 Å². The lowest BCUT2D eigenvalue weighted by atomic mass is 10.3. The molecule has 1 aliphatic heterocycles. The van der Waals surface area contributed by atoms with Crippen LogP contribution in [0.4, 0.5) is 0 Å². The third-order valence-electron chi connectivity index (χ3n) is 1.38. The minimum absolute atomic E-state index is 0.278. The molecule has 3 heteroatoms. The molecular weight excluding hydrogens is 130 g/mol.